The van der Waals surface area contributed by atoms with Crippen LogP contribution >= 0.6 is 23.2 Å². The van der Waals surface area contributed by atoms with Crippen LogP contribution in [0.25, 0.3) is 10.9 Å². The molecule has 0 atom stereocenters. The van der Waals surface area contributed by atoms with Gasteiger partial charge in [0.05, 0.1) is 5.52 Å². The molecule has 1 aliphatic heterocycles. The second-order valence-corrected chi connectivity index (χ2v) is 10.0. The lowest BCUT2D eigenvalue weighted by Gasteiger charge is -2.42. The first kappa shape index (κ1) is 20.4. The fourth-order valence-corrected chi connectivity index (χ4v) is 4.92. The highest BCUT2D eigenvalue weighted by Gasteiger charge is 2.34. The summed E-state index contributed by atoms with van der Waals surface area (Å²) in [7, 11) is 0. The van der Waals surface area contributed by atoms with Gasteiger partial charge in [-0.25, -0.2) is 4.98 Å². The molecule has 0 saturated carbocycles. The molecule has 0 saturated heterocycles. The lowest BCUT2D eigenvalue weighted by atomic mass is 9.87. The number of hydrogen-bond donors (Lipinski definition) is 0. The predicted molar refractivity (Wildman–Crippen MR) is 132 cm³/mol. The van der Waals surface area contributed by atoms with Gasteiger partial charge in [-0.3, -0.25) is 0 Å². The summed E-state index contributed by atoms with van der Waals surface area (Å²) in [4.78, 5) is 7.50. The molecule has 0 unspecified atom stereocenters. The Kier molecular flexibility index (Phi) is 4.96. The predicted octanol–water partition coefficient (Wildman–Crippen LogP) is 7.97. The van der Waals surface area contributed by atoms with Gasteiger partial charge in [0.2, 0.25) is 0 Å². The van der Waals surface area contributed by atoms with E-state index in [-0.39, 0.29) is 5.54 Å². The first-order chi connectivity index (χ1) is 14.8. The summed E-state index contributed by atoms with van der Waals surface area (Å²) in [6.45, 7) is 6.66. The molecule has 4 aromatic rings. The van der Waals surface area contributed by atoms with E-state index in [0.717, 1.165) is 45.3 Å². The number of aromatic nitrogens is 1. The lowest BCUT2D eigenvalue weighted by Crippen LogP contribution is -2.41. The van der Waals surface area contributed by atoms with Crippen LogP contribution in [0.15, 0.2) is 66.7 Å². The highest BCUT2D eigenvalue weighted by molar-refractivity contribution is 6.31. The molecule has 2 heterocycles. The van der Waals surface area contributed by atoms with Crippen LogP contribution in [0.3, 0.4) is 0 Å². The number of fused-ring (bicyclic) bond motifs is 3. The van der Waals surface area contributed by atoms with Gasteiger partial charge < -0.3 is 4.90 Å². The van der Waals surface area contributed by atoms with Crippen LogP contribution in [0.5, 0.6) is 0 Å². The van der Waals surface area contributed by atoms with Crippen LogP contribution in [0.2, 0.25) is 10.0 Å². The van der Waals surface area contributed by atoms with Gasteiger partial charge >= 0.3 is 0 Å². The number of pyridine rings is 1. The standard InChI is InChI=1S/C27H24Cl2N2/c1-27(2,3)31-25-16-20(29)10-9-18(25)14-23-21(13-17-7-5-4-6-8-17)22-15-19(28)11-12-24(22)30-26(23)31/h4-12,15-16H,13-14H2,1-3H3. The molecule has 1 aromatic heterocycles. The normalized spacial score (nSPS) is 13.3. The van der Waals surface area contributed by atoms with E-state index in [4.69, 9.17) is 28.2 Å². The molecule has 3 aromatic carbocycles. The van der Waals surface area contributed by atoms with Crippen molar-refractivity contribution in [3.05, 3.63) is 99.0 Å². The van der Waals surface area contributed by atoms with Crippen molar-refractivity contribution in [2.75, 3.05) is 4.90 Å². The number of halogens is 2. The SMILES string of the molecule is CC(C)(C)N1c2cc(Cl)ccc2Cc2c1nc1ccc(Cl)cc1c2Cc1ccccc1. The second-order valence-electron chi connectivity index (χ2n) is 9.17. The van der Waals surface area contributed by atoms with Gasteiger partial charge in [0.25, 0.3) is 0 Å². The van der Waals surface area contributed by atoms with Crippen LogP contribution in [-0.4, -0.2) is 10.5 Å². The Labute approximate surface area is 193 Å². The summed E-state index contributed by atoms with van der Waals surface area (Å²) < 4.78 is 0. The molecule has 2 nitrogen and oxygen atoms in total. The van der Waals surface area contributed by atoms with Crippen LogP contribution < -0.4 is 4.90 Å². The van der Waals surface area contributed by atoms with Crippen molar-refractivity contribution in [3.63, 3.8) is 0 Å². The first-order valence-electron chi connectivity index (χ1n) is 10.5. The Morgan fingerprint density at radius 1 is 0.903 bits per heavy atom. The molecule has 5 rings (SSSR count). The number of anilines is 2. The molecule has 0 N–H and O–H groups in total. The van der Waals surface area contributed by atoms with Gasteiger partial charge in [-0.1, -0.05) is 59.6 Å². The van der Waals surface area contributed by atoms with Gasteiger partial charge in [-0.2, -0.15) is 0 Å². The van der Waals surface area contributed by atoms with Crippen molar-refractivity contribution in [3.8, 4) is 0 Å². The van der Waals surface area contributed by atoms with Gasteiger partial charge in [-0.05, 0) is 74.2 Å². The summed E-state index contributed by atoms with van der Waals surface area (Å²) in [5.74, 6) is 1.02. The van der Waals surface area contributed by atoms with E-state index >= 15 is 0 Å². The van der Waals surface area contributed by atoms with E-state index < -0.39 is 0 Å². The molecule has 0 bridgehead atoms. The number of benzene rings is 3. The fourth-order valence-electron chi connectivity index (χ4n) is 4.58. The summed E-state index contributed by atoms with van der Waals surface area (Å²) in [5, 5.41) is 2.61. The van der Waals surface area contributed by atoms with Crippen molar-refractivity contribution in [1.82, 2.24) is 4.98 Å². The van der Waals surface area contributed by atoms with Gasteiger partial charge in [0.15, 0.2) is 0 Å². The largest absolute Gasteiger partial charge is 0.320 e. The average molecular weight is 447 g/mol. The maximum absolute atomic E-state index is 6.42. The zero-order chi connectivity index (χ0) is 21.8. The van der Waals surface area contributed by atoms with Gasteiger partial charge in [-0.15, -0.1) is 0 Å². The molecule has 0 spiro atoms. The molecule has 1 aliphatic rings. The second kappa shape index (κ2) is 7.55. The van der Waals surface area contributed by atoms with E-state index in [2.05, 4.69) is 74.2 Å². The average Bonchev–Trinajstić information content (AvgIpc) is 2.72. The molecule has 0 fully saturated rings. The van der Waals surface area contributed by atoms with E-state index in [0.29, 0.717) is 0 Å². The van der Waals surface area contributed by atoms with Crippen LogP contribution in [0.4, 0.5) is 11.5 Å². The smallest absolute Gasteiger partial charge is 0.138 e. The van der Waals surface area contributed by atoms with Crippen molar-refractivity contribution in [1.29, 1.82) is 0 Å². The first-order valence-corrected chi connectivity index (χ1v) is 11.3. The minimum atomic E-state index is -0.161. The van der Waals surface area contributed by atoms with E-state index in [1.54, 1.807) is 0 Å². The molecule has 0 amide bonds. The summed E-state index contributed by atoms with van der Waals surface area (Å²) in [6.07, 6.45) is 1.66. The number of rotatable bonds is 2. The quantitative estimate of drug-likeness (QED) is 0.310. The third-order valence-corrected chi connectivity index (χ3v) is 6.38. The van der Waals surface area contributed by atoms with Crippen molar-refractivity contribution < 1.29 is 0 Å². The Morgan fingerprint density at radius 2 is 1.61 bits per heavy atom. The zero-order valence-corrected chi connectivity index (χ0v) is 19.4. The Balaban J connectivity index is 1.82. The highest BCUT2D eigenvalue weighted by Crippen LogP contribution is 2.46. The van der Waals surface area contributed by atoms with Crippen LogP contribution in [0.1, 0.15) is 43.0 Å². The molecule has 31 heavy (non-hydrogen) atoms. The van der Waals surface area contributed by atoms with Crippen LogP contribution in [0, 0.1) is 0 Å². The van der Waals surface area contributed by atoms with Crippen molar-refractivity contribution in [2.24, 2.45) is 0 Å². The maximum atomic E-state index is 6.42. The van der Waals surface area contributed by atoms with Crippen molar-refractivity contribution >= 4 is 45.6 Å². The maximum Gasteiger partial charge on any atom is 0.138 e. The molecular weight excluding hydrogens is 423 g/mol. The topological polar surface area (TPSA) is 16.1 Å². The Hall–Kier alpha value is -2.55. The molecular formula is C27H24Cl2N2. The Bertz CT molecular complexity index is 1290. The molecule has 4 heteroatoms. The number of hydrogen-bond acceptors (Lipinski definition) is 2. The summed E-state index contributed by atoms with van der Waals surface area (Å²) in [6, 6.07) is 22.8. The molecule has 0 radical (unpaired) electrons. The third kappa shape index (κ3) is 3.69. The minimum absolute atomic E-state index is 0.161. The van der Waals surface area contributed by atoms with E-state index in [9.17, 15) is 0 Å². The number of nitrogens with zero attached hydrogens (tertiary/aromatic N) is 2. The van der Waals surface area contributed by atoms with Crippen molar-refractivity contribution in [2.45, 2.75) is 39.2 Å². The van der Waals surface area contributed by atoms with E-state index in [1.807, 2.05) is 18.2 Å². The third-order valence-electron chi connectivity index (χ3n) is 5.91. The van der Waals surface area contributed by atoms with Crippen LogP contribution in [-0.2, 0) is 12.8 Å². The van der Waals surface area contributed by atoms with Gasteiger partial charge in [0.1, 0.15) is 5.82 Å². The lowest BCUT2D eigenvalue weighted by molar-refractivity contribution is 0.549. The summed E-state index contributed by atoms with van der Waals surface area (Å²) in [5.41, 5.74) is 7.05. The molecule has 0 aliphatic carbocycles. The Morgan fingerprint density at radius 3 is 2.35 bits per heavy atom. The highest BCUT2D eigenvalue weighted by atomic mass is 35.5. The van der Waals surface area contributed by atoms with E-state index in [1.165, 1.54) is 22.3 Å². The summed E-state index contributed by atoms with van der Waals surface area (Å²) >= 11 is 12.8. The fraction of sp³-hybridized carbons (Fsp3) is 0.222. The minimum Gasteiger partial charge on any atom is -0.320 e. The van der Waals surface area contributed by atoms with Gasteiger partial charge in [0, 0.05) is 38.6 Å². The zero-order valence-electron chi connectivity index (χ0n) is 17.9. The monoisotopic (exact) mass is 446 g/mol. The molecule has 156 valence electrons.